The first-order valence-corrected chi connectivity index (χ1v) is 3.62. The van der Waals surface area contributed by atoms with E-state index in [2.05, 4.69) is 10.1 Å². The van der Waals surface area contributed by atoms with Crippen molar-refractivity contribution in [3.63, 3.8) is 0 Å². The van der Waals surface area contributed by atoms with Gasteiger partial charge in [0, 0.05) is 6.20 Å². The lowest BCUT2D eigenvalue weighted by Crippen LogP contribution is -1.86. The van der Waals surface area contributed by atoms with Gasteiger partial charge in [-0.3, -0.25) is 0 Å². The highest BCUT2D eigenvalue weighted by atomic mass is 35.5. The molecule has 0 aliphatic rings. The van der Waals surface area contributed by atoms with E-state index in [0.717, 1.165) is 11.2 Å². The summed E-state index contributed by atoms with van der Waals surface area (Å²) in [5.41, 5.74) is 1.92. The maximum Gasteiger partial charge on any atom is 0.243 e. The van der Waals surface area contributed by atoms with Crippen molar-refractivity contribution in [3.05, 3.63) is 29.2 Å². The Kier molecular flexibility index (Phi) is 1.32. The van der Waals surface area contributed by atoms with Gasteiger partial charge >= 0.3 is 0 Å². The second-order valence-electron chi connectivity index (χ2n) is 2.39. The third kappa shape index (κ3) is 1.07. The van der Waals surface area contributed by atoms with Crippen LogP contribution in [0, 0.1) is 6.92 Å². The van der Waals surface area contributed by atoms with E-state index in [9.17, 15) is 0 Å². The SMILES string of the molecule is Cc1ccc2nc(Cl)nn2c1. The Morgan fingerprint density at radius 3 is 3.09 bits per heavy atom. The highest BCUT2D eigenvalue weighted by Crippen LogP contribution is 2.06. The first kappa shape index (κ1) is 6.61. The molecule has 2 aromatic rings. The molecule has 0 fully saturated rings. The van der Waals surface area contributed by atoms with Crippen LogP contribution in [-0.4, -0.2) is 14.6 Å². The fourth-order valence-electron chi connectivity index (χ4n) is 0.959. The third-order valence-corrected chi connectivity index (χ3v) is 1.61. The molecule has 4 heteroatoms. The zero-order valence-electron chi connectivity index (χ0n) is 5.95. The van der Waals surface area contributed by atoms with Gasteiger partial charge in [-0.15, -0.1) is 5.10 Å². The van der Waals surface area contributed by atoms with E-state index in [0.29, 0.717) is 0 Å². The van der Waals surface area contributed by atoms with Crippen LogP contribution in [0.15, 0.2) is 18.3 Å². The Hall–Kier alpha value is -1.09. The Labute approximate surface area is 68.6 Å². The van der Waals surface area contributed by atoms with Crippen LogP contribution >= 0.6 is 11.6 Å². The van der Waals surface area contributed by atoms with Crippen LogP contribution in [0.3, 0.4) is 0 Å². The van der Waals surface area contributed by atoms with Crippen molar-refractivity contribution >= 4 is 17.2 Å². The van der Waals surface area contributed by atoms with Crippen LogP contribution in [0.5, 0.6) is 0 Å². The minimum atomic E-state index is 0.288. The predicted octanol–water partition coefficient (Wildman–Crippen LogP) is 1.69. The Morgan fingerprint density at radius 1 is 1.45 bits per heavy atom. The highest BCUT2D eigenvalue weighted by molar-refractivity contribution is 6.28. The van der Waals surface area contributed by atoms with Crippen molar-refractivity contribution in [2.24, 2.45) is 0 Å². The maximum atomic E-state index is 5.59. The number of aromatic nitrogens is 3. The number of hydrogen-bond donors (Lipinski definition) is 0. The van der Waals surface area contributed by atoms with Crippen molar-refractivity contribution in [3.8, 4) is 0 Å². The fourth-order valence-corrected chi connectivity index (χ4v) is 1.13. The monoisotopic (exact) mass is 167 g/mol. The molecule has 0 unspecified atom stereocenters. The molecular weight excluding hydrogens is 162 g/mol. The molecule has 0 amide bonds. The fraction of sp³-hybridized carbons (Fsp3) is 0.143. The number of aryl methyl sites for hydroxylation is 1. The molecule has 0 atom stereocenters. The van der Waals surface area contributed by atoms with E-state index in [-0.39, 0.29) is 5.28 Å². The van der Waals surface area contributed by atoms with Gasteiger partial charge in [0.1, 0.15) is 0 Å². The van der Waals surface area contributed by atoms with Gasteiger partial charge in [-0.05, 0) is 30.2 Å². The molecule has 0 saturated heterocycles. The third-order valence-electron chi connectivity index (χ3n) is 1.45. The summed E-state index contributed by atoms with van der Waals surface area (Å²) in [6.07, 6.45) is 1.88. The van der Waals surface area contributed by atoms with Crippen LogP contribution in [-0.2, 0) is 0 Å². The molecule has 2 heterocycles. The lowest BCUT2D eigenvalue weighted by molar-refractivity contribution is 0.952. The summed E-state index contributed by atoms with van der Waals surface area (Å²) in [4.78, 5) is 3.97. The van der Waals surface area contributed by atoms with E-state index >= 15 is 0 Å². The van der Waals surface area contributed by atoms with E-state index in [1.165, 1.54) is 0 Å². The highest BCUT2D eigenvalue weighted by Gasteiger charge is 1.98. The topological polar surface area (TPSA) is 30.2 Å². The van der Waals surface area contributed by atoms with Crippen molar-refractivity contribution < 1.29 is 0 Å². The molecule has 0 bridgehead atoms. The Morgan fingerprint density at radius 2 is 2.27 bits per heavy atom. The minimum absolute atomic E-state index is 0.288. The lowest BCUT2D eigenvalue weighted by atomic mass is 10.3. The standard InChI is InChI=1S/C7H6ClN3/c1-5-2-3-6-9-7(8)10-11(6)4-5/h2-4H,1H3. The van der Waals surface area contributed by atoms with Crippen LogP contribution in [0.1, 0.15) is 5.56 Å². The minimum Gasteiger partial charge on any atom is -0.219 e. The van der Waals surface area contributed by atoms with Gasteiger partial charge in [-0.25, -0.2) is 4.52 Å². The molecule has 0 aliphatic carbocycles. The van der Waals surface area contributed by atoms with Crippen molar-refractivity contribution in [1.29, 1.82) is 0 Å². The molecule has 0 saturated carbocycles. The van der Waals surface area contributed by atoms with Crippen molar-refractivity contribution in [2.75, 3.05) is 0 Å². The van der Waals surface area contributed by atoms with Crippen LogP contribution in [0.25, 0.3) is 5.65 Å². The average Bonchev–Trinajstić information content (AvgIpc) is 2.27. The van der Waals surface area contributed by atoms with E-state index in [4.69, 9.17) is 11.6 Å². The molecule has 11 heavy (non-hydrogen) atoms. The second kappa shape index (κ2) is 2.20. The van der Waals surface area contributed by atoms with Crippen LogP contribution < -0.4 is 0 Å². The summed E-state index contributed by atoms with van der Waals surface area (Å²) in [7, 11) is 0. The van der Waals surface area contributed by atoms with E-state index in [1.807, 2.05) is 25.3 Å². The summed E-state index contributed by atoms with van der Waals surface area (Å²) in [6.45, 7) is 2.00. The number of nitrogens with zero attached hydrogens (tertiary/aromatic N) is 3. The van der Waals surface area contributed by atoms with Gasteiger partial charge in [-0.1, -0.05) is 6.07 Å². The van der Waals surface area contributed by atoms with Crippen molar-refractivity contribution in [1.82, 2.24) is 14.6 Å². The smallest absolute Gasteiger partial charge is 0.219 e. The number of hydrogen-bond acceptors (Lipinski definition) is 2. The number of fused-ring (bicyclic) bond motifs is 1. The lowest BCUT2D eigenvalue weighted by Gasteiger charge is -1.91. The first-order valence-electron chi connectivity index (χ1n) is 3.24. The molecule has 56 valence electrons. The molecule has 0 aromatic carbocycles. The molecule has 2 rings (SSSR count). The van der Waals surface area contributed by atoms with Crippen molar-refractivity contribution in [2.45, 2.75) is 6.92 Å². The molecule has 3 nitrogen and oxygen atoms in total. The summed E-state index contributed by atoms with van der Waals surface area (Å²) in [5.74, 6) is 0. The normalized spacial score (nSPS) is 10.7. The molecule has 0 aliphatic heterocycles. The number of rotatable bonds is 0. The van der Waals surface area contributed by atoms with Gasteiger partial charge in [0.05, 0.1) is 0 Å². The van der Waals surface area contributed by atoms with Gasteiger partial charge in [-0.2, -0.15) is 4.98 Å². The summed E-state index contributed by atoms with van der Waals surface area (Å²) < 4.78 is 1.66. The molecule has 2 aromatic heterocycles. The van der Waals surface area contributed by atoms with Gasteiger partial charge < -0.3 is 0 Å². The zero-order valence-corrected chi connectivity index (χ0v) is 6.71. The number of pyridine rings is 1. The molecule has 0 radical (unpaired) electrons. The maximum absolute atomic E-state index is 5.59. The largest absolute Gasteiger partial charge is 0.243 e. The average molecular weight is 168 g/mol. The van der Waals surface area contributed by atoms with E-state index < -0.39 is 0 Å². The summed E-state index contributed by atoms with van der Waals surface area (Å²) >= 11 is 5.59. The Bertz CT molecular complexity index is 393. The Balaban J connectivity index is 2.82. The van der Waals surface area contributed by atoms with Crippen LogP contribution in [0.4, 0.5) is 0 Å². The van der Waals surface area contributed by atoms with E-state index in [1.54, 1.807) is 4.52 Å². The summed E-state index contributed by atoms with van der Waals surface area (Å²) in [5, 5.41) is 4.23. The predicted molar refractivity (Wildman–Crippen MR) is 42.7 cm³/mol. The van der Waals surface area contributed by atoms with Gasteiger partial charge in [0.15, 0.2) is 5.65 Å². The molecule has 0 N–H and O–H groups in total. The van der Waals surface area contributed by atoms with Gasteiger partial charge in [0.25, 0.3) is 0 Å². The summed E-state index contributed by atoms with van der Waals surface area (Å²) in [6, 6.07) is 3.86. The number of halogens is 1. The molecule has 0 spiro atoms. The first-order chi connectivity index (χ1) is 5.25. The molecular formula is C7H6ClN3. The second-order valence-corrected chi connectivity index (χ2v) is 2.73. The van der Waals surface area contributed by atoms with Gasteiger partial charge in [0.2, 0.25) is 5.28 Å². The van der Waals surface area contributed by atoms with Crippen LogP contribution in [0.2, 0.25) is 5.28 Å². The zero-order chi connectivity index (χ0) is 7.84. The quantitative estimate of drug-likeness (QED) is 0.598.